The van der Waals surface area contributed by atoms with Crippen LogP contribution in [-0.4, -0.2) is 39.5 Å². The van der Waals surface area contributed by atoms with Crippen LogP contribution in [0.1, 0.15) is 34.0 Å². The lowest BCUT2D eigenvalue weighted by atomic mass is 10.2. The fourth-order valence-electron chi connectivity index (χ4n) is 2.85. The molecule has 0 saturated carbocycles. The van der Waals surface area contributed by atoms with Gasteiger partial charge in [0.15, 0.2) is 11.0 Å². The largest absolute Gasteiger partial charge is 0.465 e. The standard InChI is InChI=1S/C21H24N4O3S3/c1-5-8-25-18(13-9-14(6-2)29-11-13)23-24-21(25)30-12-17(26)22-19-16(20(27)28-4)10-15(7-3)31-19/h5,9-11H,1,6-8,12H2,2-4H3,(H,22,26). The van der Waals surface area contributed by atoms with Crippen LogP contribution < -0.4 is 5.32 Å². The van der Waals surface area contributed by atoms with Crippen LogP contribution in [-0.2, 0) is 28.9 Å². The number of methoxy groups -OCH3 is 1. The number of esters is 1. The molecule has 3 aromatic rings. The molecule has 3 heterocycles. The first kappa shape index (κ1) is 23.2. The van der Waals surface area contributed by atoms with Crippen LogP contribution in [0.5, 0.6) is 0 Å². The number of hydrogen-bond acceptors (Lipinski definition) is 8. The van der Waals surface area contributed by atoms with Gasteiger partial charge in [-0.05, 0) is 25.0 Å². The highest BCUT2D eigenvalue weighted by atomic mass is 32.2. The number of hydrogen-bond donors (Lipinski definition) is 1. The number of thioether (sulfide) groups is 1. The molecule has 3 rings (SSSR count). The predicted octanol–water partition coefficient (Wildman–Crippen LogP) is 4.90. The molecule has 0 aliphatic rings. The van der Waals surface area contributed by atoms with Gasteiger partial charge in [-0.1, -0.05) is 31.7 Å². The third kappa shape index (κ3) is 5.44. The van der Waals surface area contributed by atoms with E-state index in [1.54, 1.807) is 23.5 Å². The van der Waals surface area contributed by atoms with Gasteiger partial charge in [0.1, 0.15) is 5.00 Å². The Morgan fingerprint density at radius 3 is 2.68 bits per heavy atom. The van der Waals surface area contributed by atoms with E-state index in [-0.39, 0.29) is 11.7 Å². The van der Waals surface area contributed by atoms with Gasteiger partial charge in [0.2, 0.25) is 5.91 Å². The fourth-order valence-corrected chi connectivity index (χ4v) is 5.41. The number of anilines is 1. The maximum absolute atomic E-state index is 12.6. The summed E-state index contributed by atoms with van der Waals surface area (Å²) < 4.78 is 6.77. The summed E-state index contributed by atoms with van der Waals surface area (Å²) in [5, 5.41) is 14.7. The number of nitrogens with one attached hydrogen (secondary N) is 1. The Hall–Kier alpha value is -2.43. The van der Waals surface area contributed by atoms with E-state index in [0.717, 1.165) is 29.1 Å². The second-order valence-corrected chi connectivity index (χ2v) is 9.57. The minimum atomic E-state index is -0.462. The van der Waals surface area contributed by atoms with Crippen molar-refractivity contribution in [1.29, 1.82) is 0 Å². The molecule has 3 aromatic heterocycles. The first-order chi connectivity index (χ1) is 15.0. The van der Waals surface area contributed by atoms with Crippen molar-refractivity contribution >= 4 is 51.3 Å². The van der Waals surface area contributed by atoms with E-state index in [2.05, 4.69) is 40.5 Å². The number of nitrogens with zero attached hydrogens (tertiary/aromatic N) is 3. The summed E-state index contributed by atoms with van der Waals surface area (Å²) in [7, 11) is 1.33. The van der Waals surface area contributed by atoms with Crippen molar-refractivity contribution in [3.8, 4) is 11.4 Å². The summed E-state index contributed by atoms with van der Waals surface area (Å²) in [6.07, 6.45) is 3.53. The molecule has 0 atom stereocenters. The molecule has 0 aliphatic carbocycles. The topological polar surface area (TPSA) is 86.1 Å². The van der Waals surface area contributed by atoms with E-state index >= 15 is 0 Å². The first-order valence-electron chi connectivity index (χ1n) is 9.76. The third-order valence-electron chi connectivity index (χ3n) is 4.41. The molecular formula is C21H24N4O3S3. The molecule has 0 radical (unpaired) electrons. The molecule has 7 nitrogen and oxygen atoms in total. The van der Waals surface area contributed by atoms with Gasteiger partial charge in [-0.25, -0.2) is 4.79 Å². The number of allylic oxidation sites excluding steroid dienone is 1. The van der Waals surface area contributed by atoms with E-state index in [1.807, 2.05) is 11.5 Å². The average molecular weight is 477 g/mol. The summed E-state index contributed by atoms with van der Waals surface area (Å²) in [5.74, 6) is 0.214. The van der Waals surface area contributed by atoms with E-state index in [4.69, 9.17) is 4.74 Å². The van der Waals surface area contributed by atoms with Gasteiger partial charge in [0.05, 0.1) is 18.4 Å². The minimum absolute atomic E-state index is 0.138. The smallest absolute Gasteiger partial charge is 0.340 e. The van der Waals surface area contributed by atoms with Crippen LogP contribution in [0.2, 0.25) is 0 Å². The highest BCUT2D eigenvalue weighted by Crippen LogP contribution is 2.31. The van der Waals surface area contributed by atoms with Crippen LogP contribution in [0.4, 0.5) is 5.00 Å². The number of amides is 1. The highest BCUT2D eigenvalue weighted by molar-refractivity contribution is 7.99. The fraction of sp³-hybridized carbons (Fsp3) is 0.333. The summed E-state index contributed by atoms with van der Waals surface area (Å²) in [4.78, 5) is 26.9. The van der Waals surface area contributed by atoms with Gasteiger partial charge in [0, 0.05) is 27.2 Å². The van der Waals surface area contributed by atoms with Crippen molar-refractivity contribution < 1.29 is 14.3 Å². The van der Waals surface area contributed by atoms with Gasteiger partial charge in [0.25, 0.3) is 0 Å². The number of carbonyl (C=O) groups excluding carboxylic acids is 2. The lowest BCUT2D eigenvalue weighted by molar-refractivity contribution is -0.113. The van der Waals surface area contributed by atoms with E-state index < -0.39 is 5.97 Å². The van der Waals surface area contributed by atoms with Crippen molar-refractivity contribution in [2.24, 2.45) is 0 Å². The first-order valence-corrected chi connectivity index (χ1v) is 12.4. The third-order valence-corrected chi connectivity index (χ3v) is 7.65. The van der Waals surface area contributed by atoms with Crippen LogP contribution in [0.3, 0.4) is 0 Å². The molecule has 1 N–H and O–H groups in total. The van der Waals surface area contributed by atoms with Crippen molar-refractivity contribution in [2.75, 3.05) is 18.2 Å². The van der Waals surface area contributed by atoms with Crippen LogP contribution in [0.25, 0.3) is 11.4 Å². The monoisotopic (exact) mass is 476 g/mol. The lowest BCUT2D eigenvalue weighted by Gasteiger charge is -2.07. The van der Waals surface area contributed by atoms with Crippen LogP contribution >= 0.6 is 34.4 Å². The van der Waals surface area contributed by atoms with Crippen molar-refractivity contribution in [3.63, 3.8) is 0 Å². The molecule has 164 valence electrons. The van der Waals surface area contributed by atoms with Crippen LogP contribution in [0, 0.1) is 0 Å². The molecule has 31 heavy (non-hydrogen) atoms. The Bertz CT molecular complexity index is 1080. The quantitative estimate of drug-likeness (QED) is 0.255. The maximum atomic E-state index is 12.6. The Labute approximate surface area is 193 Å². The zero-order valence-electron chi connectivity index (χ0n) is 17.6. The van der Waals surface area contributed by atoms with Gasteiger partial charge < -0.3 is 10.1 Å². The SMILES string of the molecule is C=CCn1c(SCC(=O)Nc2sc(CC)cc2C(=O)OC)nnc1-c1csc(CC)c1. The number of aromatic nitrogens is 3. The number of thiophene rings is 2. The van der Waals surface area contributed by atoms with Gasteiger partial charge in [-0.15, -0.1) is 39.4 Å². The molecule has 0 aliphatic heterocycles. The number of rotatable bonds is 10. The summed E-state index contributed by atoms with van der Waals surface area (Å²) in [6.45, 7) is 8.48. The highest BCUT2D eigenvalue weighted by Gasteiger charge is 2.20. The summed E-state index contributed by atoms with van der Waals surface area (Å²) in [5.41, 5.74) is 1.39. The van der Waals surface area contributed by atoms with Gasteiger partial charge in [-0.2, -0.15) is 0 Å². The Morgan fingerprint density at radius 1 is 1.26 bits per heavy atom. The zero-order chi connectivity index (χ0) is 22.4. The molecule has 0 saturated heterocycles. The molecule has 0 aromatic carbocycles. The molecule has 1 amide bonds. The normalized spacial score (nSPS) is 10.8. The van der Waals surface area contributed by atoms with Gasteiger partial charge in [-0.3, -0.25) is 9.36 Å². The van der Waals surface area contributed by atoms with Crippen molar-refractivity contribution in [3.05, 3.63) is 45.5 Å². The van der Waals surface area contributed by atoms with Crippen molar-refractivity contribution in [1.82, 2.24) is 14.8 Å². The van der Waals surface area contributed by atoms with Gasteiger partial charge >= 0.3 is 5.97 Å². The molecular weight excluding hydrogens is 452 g/mol. The van der Waals surface area contributed by atoms with E-state index in [9.17, 15) is 9.59 Å². The molecule has 10 heteroatoms. The zero-order valence-corrected chi connectivity index (χ0v) is 20.1. The Balaban J connectivity index is 1.73. The Morgan fingerprint density at radius 2 is 2.03 bits per heavy atom. The molecule has 0 unspecified atom stereocenters. The molecule has 0 fully saturated rings. The van der Waals surface area contributed by atoms with E-state index in [1.165, 1.54) is 35.1 Å². The minimum Gasteiger partial charge on any atom is -0.465 e. The number of carbonyl (C=O) groups is 2. The lowest BCUT2D eigenvalue weighted by Crippen LogP contribution is -2.16. The second-order valence-electron chi connectivity index (χ2n) is 6.50. The average Bonchev–Trinajstić information content (AvgIpc) is 3.50. The molecule has 0 bridgehead atoms. The number of aryl methyl sites for hydroxylation is 2. The summed E-state index contributed by atoms with van der Waals surface area (Å²) in [6, 6.07) is 3.88. The van der Waals surface area contributed by atoms with Crippen LogP contribution in [0.15, 0.2) is 35.3 Å². The number of ether oxygens (including phenoxy) is 1. The van der Waals surface area contributed by atoms with Crippen molar-refractivity contribution in [2.45, 2.75) is 38.4 Å². The predicted molar refractivity (Wildman–Crippen MR) is 127 cm³/mol. The van der Waals surface area contributed by atoms with E-state index in [0.29, 0.717) is 22.3 Å². The maximum Gasteiger partial charge on any atom is 0.340 e. The Kier molecular flexibility index (Phi) is 8.05. The molecule has 0 spiro atoms. The second kappa shape index (κ2) is 10.7. The summed E-state index contributed by atoms with van der Waals surface area (Å²) >= 11 is 4.37.